The van der Waals surface area contributed by atoms with E-state index in [1.165, 1.54) is 11.4 Å². The lowest BCUT2D eigenvalue weighted by molar-refractivity contribution is 0.538. The normalized spacial score (nSPS) is 11.6. The molecule has 4 heteroatoms. The molecule has 1 aromatic rings. The van der Waals surface area contributed by atoms with Gasteiger partial charge in [-0.3, -0.25) is 4.68 Å². The second-order valence-electron chi connectivity index (χ2n) is 5.84. The van der Waals surface area contributed by atoms with Gasteiger partial charge in [-0.15, -0.1) is 0 Å². The summed E-state index contributed by atoms with van der Waals surface area (Å²) in [6.07, 6.45) is 0. The van der Waals surface area contributed by atoms with Gasteiger partial charge in [-0.25, -0.2) is 0 Å². The molecule has 0 saturated heterocycles. The number of rotatable bonds is 6. The zero-order valence-corrected chi connectivity index (χ0v) is 14.1. The van der Waals surface area contributed by atoms with Crippen LogP contribution in [0.3, 0.4) is 0 Å². The quantitative estimate of drug-likeness (QED) is 0.746. The molecule has 0 bridgehead atoms. The van der Waals surface area contributed by atoms with E-state index < -0.39 is 0 Å². The third kappa shape index (κ3) is 3.74. The van der Waals surface area contributed by atoms with Gasteiger partial charge >= 0.3 is 0 Å². The first kappa shape index (κ1) is 15.5. The lowest BCUT2D eigenvalue weighted by atomic mass is 10.1. The molecule has 0 atom stereocenters. The van der Waals surface area contributed by atoms with Gasteiger partial charge in [0.2, 0.25) is 0 Å². The van der Waals surface area contributed by atoms with Crippen molar-refractivity contribution in [2.75, 3.05) is 18.0 Å². The van der Waals surface area contributed by atoms with E-state index in [0.29, 0.717) is 11.8 Å². The van der Waals surface area contributed by atoms with E-state index in [1.807, 2.05) is 11.7 Å². The van der Waals surface area contributed by atoms with Crippen LogP contribution >= 0.6 is 15.9 Å². The largest absolute Gasteiger partial charge is 0.356 e. The average molecular weight is 316 g/mol. The number of aryl methyl sites for hydroxylation is 2. The number of halogens is 1. The van der Waals surface area contributed by atoms with Crippen molar-refractivity contribution in [1.29, 1.82) is 0 Å². The smallest absolute Gasteiger partial charge is 0.130 e. The maximum absolute atomic E-state index is 4.56. The topological polar surface area (TPSA) is 21.1 Å². The third-order valence-corrected chi connectivity index (χ3v) is 3.48. The molecule has 1 rings (SSSR count). The molecule has 1 heterocycles. The number of nitrogens with zero attached hydrogens (tertiary/aromatic N) is 3. The molecule has 0 unspecified atom stereocenters. The SMILES string of the molecule is Cc1nn(C)c(N(CC(C)C)CC(C)C)c1CBr. The van der Waals surface area contributed by atoms with Crippen molar-refractivity contribution in [3.63, 3.8) is 0 Å². The molecule has 1 aromatic heterocycles. The second-order valence-corrected chi connectivity index (χ2v) is 6.40. The molecule has 104 valence electrons. The predicted octanol–water partition coefficient (Wildman–Crippen LogP) is 3.74. The minimum atomic E-state index is 0.655. The number of aromatic nitrogens is 2. The van der Waals surface area contributed by atoms with Crippen molar-refractivity contribution in [2.24, 2.45) is 18.9 Å². The van der Waals surface area contributed by atoms with E-state index in [1.54, 1.807) is 0 Å². The van der Waals surface area contributed by atoms with Gasteiger partial charge in [0.1, 0.15) is 5.82 Å². The monoisotopic (exact) mass is 315 g/mol. The first-order chi connectivity index (χ1) is 8.36. The zero-order chi connectivity index (χ0) is 13.9. The molecule has 0 spiro atoms. The fourth-order valence-corrected chi connectivity index (χ4v) is 3.03. The van der Waals surface area contributed by atoms with E-state index in [2.05, 4.69) is 60.5 Å². The minimum Gasteiger partial charge on any atom is -0.356 e. The van der Waals surface area contributed by atoms with Crippen molar-refractivity contribution in [3.8, 4) is 0 Å². The first-order valence-electron chi connectivity index (χ1n) is 6.70. The van der Waals surface area contributed by atoms with Gasteiger partial charge in [-0.05, 0) is 18.8 Å². The Kier molecular flexibility index (Phi) is 5.70. The lowest BCUT2D eigenvalue weighted by Gasteiger charge is -2.29. The molecule has 3 nitrogen and oxygen atoms in total. The Bertz CT molecular complexity index is 373. The van der Waals surface area contributed by atoms with Crippen molar-refractivity contribution < 1.29 is 0 Å². The summed E-state index contributed by atoms with van der Waals surface area (Å²) in [6, 6.07) is 0. The van der Waals surface area contributed by atoms with Crippen molar-refractivity contribution in [3.05, 3.63) is 11.3 Å². The Morgan fingerprint density at radius 1 is 1.17 bits per heavy atom. The van der Waals surface area contributed by atoms with Gasteiger partial charge < -0.3 is 4.90 Å². The number of hydrogen-bond donors (Lipinski definition) is 0. The minimum absolute atomic E-state index is 0.655. The molecule has 0 aliphatic heterocycles. The molecule has 0 saturated carbocycles. The molecule has 0 fully saturated rings. The van der Waals surface area contributed by atoms with Crippen molar-refractivity contribution in [1.82, 2.24) is 9.78 Å². The standard InChI is InChI=1S/C14H26BrN3/c1-10(2)8-18(9-11(3)4)14-13(7-15)12(5)16-17(14)6/h10-11H,7-9H2,1-6H3. The van der Waals surface area contributed by atoms with Crippen LogP contribution in [0.15, 0.2) is 0 Å². The third-order valence-electron chi connectivity index (χ3n) is 2.92. The van der Waals surface area contributed by atoms with Crippen LogP contribution in [-0.4, -0.2) is 22.9 Å². The van der Waals surface area contributed by atoms with Crippen LogP contribution in [0.5, 0.6) is 0 Å². The maximum Gasteiger partial charge on any atom is 0.130 e. The highest BCUT2D eigenvalue weighted by atomic mass is 79.9. The highest BCUT2D eigenvalue weighted by molar-refractivity contribution is 9.08. The summed E-state index contributed by atoms with van der Waals surface area (Å²) in [5.74, 6) is 2.58. The van der Waals surface area contributed by atoms with Gasteiger partial charge in [0.25, 0.3) is 0 Å². The van der Waals surface area contributed by atoms with Crippen LogP contribution < -0.4 is 4.90 Å². The number of anilines is 1. The molecular formula is C14H26BrN3. The fraction of sp³-hybridized carbons (Fsp3) is 0.786. The van der Waals surface area contributed by atoms with Gasteiger partial charge in [-0.2, -0.15) is 5.10 Å². The highest BCUT2D eigenvalue weighted by Crippen LogP contribution is 2.27. The summed E-state index contributed by atoms with van der Waals surface area (Å²) in [4.78, 5) is 2.48. The van der Waals surface area contributed by atoms with Gasteiger partial charge in [0, 0.05) is 31.0 Å². The number of alkyl halides is 1. The van der Waals surface area contributed by atoms with Crippen LogP contribution in [0.1, 0.15) is 39.0 Å². The summed E-state index contributed by atoms with van der Waals surface area (Å²) >= 11 is 3.59. The molecule has 0 N–H and O–H groups in total. The van der Waals surface area contributed by atoms with Crippen LogP contribution in [0.4, 0.5) is 5.82 Å². The van der Waals surface area contributed by atoms with Gasteiger partial charge in [0.05, 0.1) is 5.69 Å². The fourth-order valence-electron chi connectivity index (χ4n) is 2.37. The lowest BCUT2D eigenvalue weighted by Crippen LogP contribution is -2.33. The van der Waals surface area contributed by atoms with E-state index >= 15 is 0 Å². The molecule has 0 amide bonds. The Morgan fingerprint density at radius 2 is 1.67 bits per heavy atom. The Labute approximate surface area is 120 Å². The van der Waals surface area contributed by atoms with Crippen molar-refractivity contribution >= 4 is 21.7 Å². The second kappa shape index (κ2) is 6.60. The maximum atomic E-state index is 4.56. The average Bonchev–Trinajstić information content (AvgIpc) is 2.50. The van der Waals surface area contributed by atoms with E-state index in [4.69, 9.17) is 0 Å². The van der Waals surface area contributed by atoms with Crippen LogP contribution in [0, 0.1) is 18.8 Å². The zero-order valence-electron chi connectivity index (χ0n) is 12.5. The molecule has 0 aliphatic rings. The molecule has 0 aromatic carbocycles. The van der Waals surface area contributed by atoms with Crippen LogP contribution in [0.25, 0.3) is 0 Å². The van der Waals surface area contributed by atoms with Crippen LogP contribution in [0.2, 0.25) is 0 Å². The molecule has 0 radical (unpaired) electrons. The van der Waals surface area contributed by atoms with Gasteiger partial charge in [0.15, 0.2) is 0 Å². The predicted molar refractivity (Wildman–Crippen MR) is 82.5 cm³/mol. The summed E-state index contributed by atoms with van der Waals surface area (Å²) in [6.45, 7) is 13.3. The van der Waals surface area contributed by atoms with Crippen LogP contribution in [-0.2, 0) is 12.4 Å². The molecule has 0 aliphatic carbocycles. The summed E-state index contributed by atoms with van der Waals surface area (Å²) in [5.41, 5.74) is 2.45. The van der Waals surface area contributed by atoms with Crippen molar-refractivity contribution in [2.45, 2.75) is 39.9 Å². The first-order valence-corrected chi connectivity index (χ1v) is 7.82. The molecular weight excluding hydrogens is 290 g/mol. The summed E-state index contributed by atoms with van der Waals surface area (Å²) in [5, 5.41) is 5.43. The van der Waals surface area contributed by atoms with Gasteiger partial charge in [-0.1, -0.05) is 43.6 Å². The van der Waals surface area contributed by atoms with E-state index in [9.17, 15) is 0 Å². The summed E-state index contributed by atoms with van der Waals surface area (Å²) in [7, 11) is 2.04. The molecule has 18 heavy (non-hydrogen) atoms. The van der Waals surface area contributed by atoms with E-state index in [-0.39, 0.29) is 0 Å². The Hall–Kier alpha value is -0.510. The Balaban J connectivity index is 3.10. The summed E-state index contributed by atoms with van der Waals surface area (Å²) < 4.78 is 2.02. The van der Waals surface area contributed by atoms with E-state index in [0.717, 1.165) is 24.1 Å². The highest BCUT2D eigenvalue weighted by Gasteiger charge is 2.20. The number of hydrogen-bond acceptors (Lipinski definition) is 2. The Morgan fingerprint density at radius 3 is 2.06 bits per heavy atom.